The number of nitrogens with one attached hydrogen (secondary N) is 1. The summed E-state index contributed by atoms with van der Waals surface area (Å²) in [6.07, 6.45) is 2.70. The number of nitrogens with zero attached hydrogens (tertiary/aromatic N) is 2. The quantitative estimate of drug-likeness (QED) is 0.644. The average molecular weight is 341 g/mol. The van der Waals surface area contributed by atoms with Crippen molar-refractivity contribution in [2.75, 3.05) is 12.4 Å². The molecule has 1 amide bonds. The number of carbonyl (C=O) groups is 2. The van der Waals surface area contributed by atoms with Crippen LogP contribution in [0.5, 0.6) is 5.75 Å². The molecule has 1 N–H and O–H groups in total. The maximum atomic E-state index is 12.2. The summed E-state index contributed by atoms with van der Waals surface area (Å²) < 4.78 is 5.06. The second-order valence-electron chi connectivity index (χ2n) is 4.81. The van der Waals surface area contributed by atoms with Crippen LogP contribution in [-0.2, 0) is 9.59 Å². The van der Waals surface area contributed by atoms with E-state index in [0.717, 1.165) is 5.01 Å². The van der Waals surface area contributed by atoms with Crippen LogP contribution >= 0.6 is 11.3 Å². The Morgan fingerprint density at radius 2 is 2.25 bits per heavy atom. The molecule has 0 spiro atoms. The van der Waals surface area contributed by atoms with E-state index in [1.165, 1.54) is 30.6 Å². The van der Waals surface area contributed by atoms with E-state index in [-0.39, 0.29) is 0 Å². The molecule has 7 heteroatoms. The van der Waals surface area contributed by atoms with E-state index in [1.807, 2.05) is 6.92 Å². The second kappa shape index (κ2) is 8.04. The number of aryl methyl sites for hydroxylation is 1. The second-order valence-corrected chi connectivity index (χ2v) is 5.87. The maximum absolute atomic E-state index is 12.2. The third kappa shape index (κ3) is 4.51. The molecule has 2 aromatic rings. The molecule has 0 bridgehead atoms. The molecule has 24 heavy (non-hydrogen) atoms. The lowest BCUT2D eigenvalue weighted by Crippen LogP contribution is -2.27. The summed E-state index contributed by atoms with van der Waals surface area (Å²) in [4.78, 5) is 28.4. The predicted octanol–water partition coefficient (Wildman–Crippen LogP) is 2.82. The predicted molar refractivity (Wildman–Crippen MR) is 91.6 cm³/mol. The molecule has 0 aliphatic heterocycles. The fraction of sp³-hybridized carbons (Fsp3) is 0.176. The molecule has 0 saturated carbocycles. The van der Waals surface area contributed by atoms with E-state index in [9.17, 15) is 9.59 Å². The van der Waals surface area contributed by atoms with Crippen LogP contribution in [0, 0.1) is 24.2 Å². The number of rotatable bonds is 6. The average Bonchev–Trinajstić information content (AvgIpc) is 2.99. The van der Waals surface area contributed by atoms with E-state index in [0.29, 0.717) is 17.1 Å². The third-order valence-corrected chi connectivity index (χ3v) is 3.86. The van der Waals surface area contributed by atoms with Gasteiger partial charge in [0.1, 0.15) is 5.75 Å². The normalized spacial score (nSPS) is 11.7. The Morgan fingerprint density at radius 3 is 2.88 bits per heavy atom. The highest BCUT2D eigenvalue weighted by Gasteiger charge is 2.24. The van der Waals surface area contributed by atoms with Crippen LogP contribution in [0.3, 0.4) is 0 Å². The van der Waals surface area contributed by atoms with Crippen LogP contribution in [0.15, 0.2) is 35.7 Å². The monoisotopic (exact) mass is 341 g/mol. The molecule has 1 unspecified atom stereocenters. The number of hydrogen-bond donors (Lipinski definition) is 1. The Balaban J connectivity index is 2.06. The Bertz CT molecular complexity index is 820. The lowest BCUT2D eigenvalue weighted by Gasteiger charge is -2.09. The number of hydrogen-bond acceptors (Lipinski definition) is 6. The molecule has 1 atom stereocenters. The van der Waals surface area contributed by atoms with Gasteiger partial charge in [-0.25, -0.2) is 4.98 Å². The zero-order chi connectivity index (χ0) is 17.5. The van der Waals surface area contributed by atoms with Gasteiger partial charge in [-0.05, 0) is 31.2 Å². The van der Waals surface area contributed by atoms with Crippen molar-refractivity contribution in [3.63, 3.8) is 0 Å². The minimum atomic E-state index is -1.42. The molecule has 1 heterocycles. The smallest absolute Gasteiger partial charge is 0.249 e. The van der Waals surface area contributed by atoms with Gasteiger partial charge in [-0.15, -0.1) is 11.3 Å². The molecule has 6 nitrogen and oxygen atoms in total. The minimum Gasteiger partial charge on any atom is -0.497 e. The number of ether oxygens (including phenoxy) is 1. The van der Waals surface area contributed by atoms with Crippen molar-refractivity contribution in [2.45, 2.75) is 6.92 Å². The van der Waals surface area contributed by atoms with Gasteiger partial charge in [-0.3, -0.25) is 9.59 Å². The van der Waals surface area contributed by atoms with Gasteiger partial charge in [0.25, 0.3) is 0 Å². The van der Waals surface area contributed by atoms with Gasteiger partial charge in [0, 0.05) is 17.1 Å². The van der Waals surface area contributed by atoms with E-state index >= 15 is 0 Å². The first-order valence-electron chi connectivity index (χ1n) is 7.02. The summed E-state index contributed by atoms with van der Waals surface area (Å²) in [6, 6.07) is 8.40. The molecular weight excluding hydrogens is 326 g/mol. The van der Waals surface area contributed by atoms with Crippen LogP contribution in [0.25, 0.3) is 6.08 Å². The number of allylic oxidation sites excluding steroid dienone is 1. The van der Waals surface area contributed by atoms with Crippen LogP contribution in [0.4, 0.5) is 5.69 Å². The van der Waals surface area contributed by atoms with Gasteiger partial charge >= 0.3 is 0 Å². The van der Waals surface area contributed by atoms with Crippen molar-refractivity contribution in [1.29, 1.82) is 5.26 Å². The van der Waals surface area contributed by atoms with Crippen molar-refractivity contribution in [2.24, 2.45) is 5.92 Å². The summed E-state index contributed by atoms with van der Waals surface area (Å²) in [5, 5.41) is 14.3. The lowest BCUT2D eigenvalue weighted by molar-refractivity contribution is -0.126. The fourth-order valence-electron chi connectivity index (χ4n) is 1.89. The molecule has 0 saturated heterocycles. The van der Waals surface area contributed by atoms with Crippen molar-refractivity contribution < 1.29 is 14.3 Å². The molecule has 2 rings (SSSR count). The Labute approximate surface area is 143 Å². The fourth-order valence-corrected chi connectivity index (χ4v) is 2.47. The number of amides is 1. The standard InChI is InChI=1S/C17H15N3O3S/c1-11-19-13(10-24-11)6-7-16(21)15(9-18)17(22)20-12-4-3-5-14(8-12)23-2/h3-8,10,15H,1-2H3,(H,20,22). The van der Waals surface area contributed by atoms with E-state index in [1.54, 1.807) is 35.7 Å². The molecule has 0 fully saturated rings. The summed E-state index contributed by atoms with van der Waals surface area (Å²) >= 11 is 1.45. The van der Waals surface area contributed by atoms with Crippen LogP contribution < -0.4 is 10.1 Å². The largest absolute Gasteiger partial charge is 0.497 e. The molecule has 1 aromatic heterocycles. The highest BCUT2D eigenvalue weighted by molar-refractivity contribution is 7.09. The number of ketones is 1. The third-order valence-electron chi connectivity index (χ3n) is 3.07. The van der Waals surface area contributed by atoms with Crippen LogP contribution in [0.2, 0.25) is 0 Å². The maximum Gasteiger partial charge on any atom is 0.249 e. The topological polar surface area (TPSA) is 92.1 Å². The molecule has 0 aliphatic rings. The Kier molecular flexibility index (Phi) is 5.82. The van der Waals surface area contributed by atoms with Gasteiger partial charge in [0.2, 0.25) is 5.91 Å². The zero-order valence-electron chi connectivity index (χ0n) is 13.1. The number of anilines is 1. The SMILES string of the molecule is COc1cccc(NC(=O)C(C#N)C(=O)C=Cc2csc(C)n2)c1. The highest BCUT2D eigenvalue weighted by atomic mass is 32.1. The molecule has 122 valence electrons. The molecule has 0 radical (unpaired) electrons. The number of nitriles is 1. The highest BCUT2D eigenvalue weighted by Crippen LogP contribution is 2.18. The van der Waals surface area contributed by atoms with Gasteiger partial charge in [-0.2, -0.15) is 5.26 Å². The zero-order valence-corrected chi connectivity index (χ0v) is 14.0. The molecular formula is C17H15N3O3S. The Morgan fingerprint density at radius 1 is 1.46 bits per heavy atom. The van der Waals surface area contributed by atoms with Crippen molar-refractivity contribution in [3.05, 3.63) is 46.4 Å². The lowest BCUT2D eigenvalue weighted by atomic mass is 10.0. The van der Waals surface area contributed by atoms with Crippen molar-refractivity contribution in [1.82, 2.24) is 4.98 Å². The molecule has 0 aliphatic carbocycles. The summed E-state index contributed by atoms with van der Waals surface area (Å²) in [7, 11) is 1.51. The number of thiazole rings is 1. The number of benzene rings is 1. The first-order valence-corrected chi connectivity index (χ1v) is 7.90. The van der Waals surface area contributed by atoms with Crippen LogP contribution in [-0.4, -0.2) is 23.8 Å². The summed E-state index contributed by atoms with van der Waals surface area (Å²) in [6.45, 7) is 1.85. The van der Waals surface area contributed by atoms with E-state index in [4.69, 9.17) is 10.00 Å². The van der Waals surface area contributed by atoms with Gasteiger partial charge < -0.3 is 10.1 Å². The number of aromatic nitrogens is 1. The summed E-state index contributed by atoms with van der Waals surface area (Å²) in [5.74, 6) is -2.14. The van der Waals surface area contributed by atoms with E-state index < -0.39 is 17.6 Å². The van der Waals surface area contributed by atoms with Gasteiger partial charge in [-0.1, -0.05) is 6.07 Å². The van der Waals surface area contributed by atoms with Crippen molar-refractivity contribution in [3.8, 4) is 11.8 Å². The van der Waals surface area contributed by atoms with Gasteiger partial charge in [0.05, 0.1) is 23.9 Å². The minimum absolute atomic E-state index is 0.450. The van der Waals surface area contributed by atoms with Crippen LogP contribution in [0.1, 0.15) is 10.7 Å². The number of methoxy groups -OCH3 is 1. The first kappa shape index (κ1) is 17.4. The van der Waals surface area contributed by atoms with Crippen molar-refractivity contribution >= 4 is 34.8 Å². The number of carbonyl (C=O) groups excluding carboxylic acids is 2. The Hall–Kier alpha value is -2.98. The van der Waals surface area contributed by atoms with Gasteiger partial charge in [0.15, 0.2) is 11.7 Å². The van der Waals surface area contributed by atoms with E-state index in [2.05, 4.69) is 10.3 Å². The summed E-state index contributed by atoms with van der Waals surface area (Å²) in [5.41, 5.74) is 1.07. The molecule has 1 aromatic carbocycles. The first-order chi connectivity index (χ1) is 11.5.